The third-order valence-corrected chi connectivity index (χ3v) is 2.21. The number of rotatable bonds is 1. The van der Waals surface area contributed by atoms with Crippen molar-refractivity contribution in [3.63, 3.8) is 0 Å². The van der Waals surface area contributed by atoms with Crippen LogP contribution < -0.4 is 5.32 Å². The quantitative estimate of drug-likeness (QED) is 0.653. The second-order valence-electron chi connectivity index (χ2n) is 3.10. The molecule has 1 aliphatic heterocycles. The molecule has 0 saturated carbocycles. The lowest BCUT2D eigenvalue weighted by atomic mass is 9.95. The molecular weight excluding hydrogens is 182 g/mol. The van der Waals surface area contributed by atoms with E-state index in [2.05, 4.69) is 5.32 Å². The molecular formula is C10H8NO3. The molecule has 0 bridgehead atoms. The van der Waals surface area contributed by atoms with Crippen molar-refractivity contribution >= 4 is 11.8 Å². The fraction of sp³-hybridized carbons (Fsp3) is 0.200. The van der Waals surface area contributed by atoms with Crippen molar-refractivity contribution in [2.24, 2.45) is 0 Å². The Kier molecular flexibility index (Phi) is 2.05. The van der Waals surface area contributed by atoms with Gasteiger partial charge in [0.05, 0.1) is 0 Å². The van der Waals surface area contributed by atoms with Gasteiger partial charge in [0.2, 0.25) is 0 Å². The van der Waals surface area contributed by atoms with Crippen LogP contribution in [0, 0.1) is 0 Å². The molecule has 1 aromatic carbocycles. The Labute approximate surface area is 80.6 Å². The molecule has 71 valence electrons. The molecule has 4 heteroatoms. The van der Waals surface area contributed by atoms with Crippen molar-refractivity contribution in [3.05, 3.63) is 35.4 Å². The maximum atomic E-state index is 11.6. The molecule has 1 heterocycles. The maximum absolute atomic E-state index is 11.6. The predicted octanol–water partition coefficient (Wildman–Crippen LogP) is 0.440. The Balaban J connectivity index is 2.41. The van der Waals surface area contributed by atoms with Crippen LogP contribution in [0.5, 0.6) is 0 Å². The largest absolute Gasteiger partial charge is 0.480 e. The minimum atomic E-state index is -1.22. The van der Waals surface area contributed by atoms with Crippen LogP contribution in [0.2, 0.25) is 0 Å². The van der Waals surface area contributed by atoms with Crippen LogP contribution in [0.1, 0.15) is 15.9 Å². The monoisotopic (exact) mass is 190 g/mol. The predicted molar refractivity (Wildman–Crippen MR) is 48.0 cm³/mol. The summed E-state index contributed by atoms with van der Waals surface area (Å²) in [5.74, 6) is -1.59. The lowest BCUT2D eigenvalue weighted by Crippen LogP contribution is -2.42. The molecule has 4 nitrogen and oxygen atoms in total. The van der Waals surface area contributed by atoms with E-state index < -0.39 is 17.8 Å². The molecule has 2 rings (SSSR count). The van der Waals surface area contributed by atoms with Gasteiger partial charge in [0.1, 0.15) is 0 Å². The molecule has 1 aromatic rings. The van der Waals surface area contributed by atoms with E-state index in [-0.39, 0.29) is 0 Å². The smallest absolute Gasteiger partial charge is 0.330 e. The van der Waals surface area contributed by atoms with Gasteiger partial charge >= 0.3 is 5.97 Å². The minimum Gasteiger partial charge on any atom is -0.480 e. The van der Waals surface area contributed by atoms with Gasteiger partial charge in [0.25, 0.3) is 0 Å². The van der Waals surface area contributed by atoms with Gasteiger partial charge in [0, 0.05) is 12.1 Å². The first-order valence-corrected chi connectivity index (χ1v) is 4.21. The molecule has 1 atom stereocenters. The summed E-state index contributed by atoms with van der Waals surface area (Å²) in [6, 6.07) is 5.74. The zero-order valence-corrected chi connectivity index (χ0v) is 7.30. The van der Waals surface area contributed by atoms with Crippen molar-refractivity contribution in [3.8, 4) is 0 Å². The minimum absolute atomic E-state index is 0.304. The van der Waals surface area contributed by atoms with E-state index >= 15 is 0 Å². The second kappa shape index (κ2) is 3.23. The average Bonchev–Trinajstić information content (AvgIpc) is 2.18. The highest BCUT2D eigenvalue weighted by Crippen LogP contribution is 2.17. The number of carboxylic acid groups (broad SMARTS) is 1. The number of hydrogen-bond donors (Lipinski definition) is 1. The lowest BCUT2D eigenvalue weighted by Gasteiger charge is -2.19. The highest BCUT2D eigenvalue weighted by molar-refractivity contribution is 6.13. The SMILES string of the molecule is O=C(O)C1[N]Cc2ccccc2C1=O. The fourth-order valence-corrected chi connectivity index (χ4v) is 1.51. The molecule has 1 radical (unpaired) electrons. The number of carbonyl (C=O) groups is 2. The van der Waals surface area contributed by atoms with Gasteiger partial charge < -0.3 is 5.11 Å². The molecule has 14 heavy (non-hydrogen) atoms. The van der Waals surface area contributed by atoms with E-state index in [1.807, 2.05) is 6.07 Å². The molecule has 1 unspecified atom stereocenters. The van der Waals surface area contributed by atoms with E-state index in [1.54, 1.807) is 18.2 Å². The van der Waals surface area contributed by atoms with Crippen LogP contribution in [-0.2, 0) is 11.3 Å². The number of ketones is 1. The van der Waals surface area contributed by atoms with Crippen LogP contribution in [-0.4, -0.2) is 22.9 Å². The lowest BCUT2D eigenvalue weighted by molar-refractivity contribution is -0.138. The summed E-state index contributed by atoms with van der Waals surface area (Å²) >= 11 is 0. The second-order valence-corrected chi connectivity index (χ2v) is 3.10. The summed E-state index contributed by atoms with van der Waals surface area (Å²) in [7, 11) is 0. The van der Waals surface area contributed by atoms with Crippen LogP contribution >= 0.6 is 0 Å². The van der Waals surface area contributed by atoms with E-state index in [4.69, 9.17) is 5.11 Å². The number of fused-ring (bicyclic) bond motifs is 1. The Morgan fingerprint density at radius 3 is 2.86 bits per heavy atom. The van der Waals surface area contributed by atoms with Crippen molar-refractivity contribution in [1.82, 2.24) is 5.32 Å². The average molecular weight is 190 g/mol. The highest BCUT2D eigenvalue weighted by Gasteiger charge is 2.32. The first-order valence-electron chi connectivity index (χ1n) is 4.21. The van der Waals surface area contributed by atoms with Gasteiger partial charge in [-0.2, -0.15) is 0 Å². The molecule has 0 saturated heterocycles. The third-order valence-electron chi connectivity index (χ3n) is 2.21. The number of hydrogen-bond acceptors (Lipinski definition) is 2. The number of carbonyl (C=O) groups excluding carboxylic acids is 1. The van der Waals surface area contributed by atoms with Crippen molar-refractivity contribution in [2.45, 2.75) is 12.6 Å². The number of Topliss-reactive ketones (excluding diaryl/α,β-unsaturated/α-hetero) is 1. The van der Waals surface area contributed by atoms with E-state index in [0.717, 1.165) is 5.56 Å². The molecule has 1 N–H and O–H groups in total. The van der Waals surface area contributed by atoms with Crippen LogP contribution in [0.25, 0.3) is 0 Å². The Bertz CT molecular complexity index is 400. The topological polar surface area (TPSA) is 68.5 Å². The van der Waals surface area contributed by atoms with Crippen LogP contribution in [0.3, 0.4) is 0 Å². The normalized spacial score (nSPS) is 20.3. The summed E-state index contributed by atoms with van der Waals surface area (Å²) in [5, 5.41) is 12.5. The number of carboxylic acids is 1. The summed E-state index contributed by atoms with van der Waals surface area (Å²) in [6.45, 7) is 0.304. The van der Waals surface area contributed by atoms with Gasteiger partial charge in [-0.1, -0.05) is 24.3 Å². The fourth-order valence-electron chi connectivity index (χ4n) is 1.51. The molecule has 0 aromatic heterocycles. The molecule has 0 aliphatic carbocycles. The summed E-state index contributed by atoms with van der Waals surface area (Å²) in [4.78, 5) is 22.2. The summed E-state index contributed by atoms with van der Waals surface area (Å²) < 4.78 is 0. The third kappa shape index (κ3) is 1.29. The van der Waals surface area contributed by atoms with E-state index in [0.29, 0.717) is 12.1 Å². The van der Waals surface area contributed by atoms with Gasteiger partial charge in [-0.3, -0.25) is 4.79 Å². The maximum Gasteiger partial charge on any atom is 0.330 e. The Hall–Kier alpha value is -1.68. The zero-order chi connectivity index (χ0) is 10.1. The van der Waals surface area contributed by atoms with Gasteiger partial charge in [0.15, 0.2) is 11.8 Å². The van der Waals surface area contributed by atoms with E-state index in [1.165, 1.54) is 0 Å². The molecule has 0 amide bonds. The molecule has 0 spiro atoms. The molecule has 1 aliphatic rings. The van der Waals surface area contributed by atoms with Crippen molar-refractivity contribution in [1.29, 1.82) is 0 Å². The Morgan fingerprint density at radius 1 is 1.43 bits per heavy atom. The molecule has 0 fully saturated rings. The number of nitrogens with zero attached hydrogens (tertiary/aromatic N) is 1. The first-order chi connectivity index (χ1) is 6.70. The van der Waals surface area contributed by atoms with Crippen LogP contribution in [0.15, 0.2) is 24.3 Å². The number of aliphatic carboxylic acids is 1. The first kappa shape index (κ1) is 8.90. The van der Waals surface area contributed by atoms with Crippen LogP contribution in [0.4, 0.5) is 0 Å². The van der Waals surface area contributed by atoms with E-state index in [9.17, 15) is 9.59 Å². The number of benzene rings is 1. The summed E-state index contributed by atoms with van der Waals surface area (Å²) in [5.41, 5.74) is 1.28. The zero-order valence-electron chi connectivity index (χ0n) is 7.30. The standard InChI is InChI=1S/C10H8NO3/c12-9-7-4-2-1-3-6(7)5-11-8(9)10(13)14/h1-4,8H,5H2,(H,13,14). The van der Waals surface area contributed by atoms with Crippen molar-refractivity contribution in [2.75, 3.05) is 0 Å². The van der Waals surface area contributed by atoms with Gasteiger partial charge in [-0.05, 0) is 5.56 Å². The van der Waals surface area contributed by atoms with Crippen molar-refractivity contribution < 1.29 is 14.7 Å². The summed E-state index contributed by atoms with van der Waals surface area (Å²) in [6.07, 6.45) is 0. The highest BCUT2D eigenvalue weighted by atomic mass is 16.4. The van der Waals surface area contributed by atoms with Gasteiger partial charge in [-0.25, -0.2) is 10.1 Å². The Morgan fingerprint density at radius 2 is 2.14 bits per heavy atom. The van der Waals surface area contributed by atoms with Gasteiger partial charge in [-0.15, -0.1) is 0 Å².